The van der Waals surface area contributed by atoms with Gasteiger partial charge in [0.2, 0.25) is 17.7 Å². The van der Waals surface area contributed by atoms with Crippen LogP contribution in [0.15, 0.2) is 203 Å². The molecule has 3 saturated heterocycles. The summed E-state index contributed by atoms with van der Waals surface area (Å²) < 4.78 is 41.9. The van der Waals surface area contributed by atoms with Gasteiger partial charge in [-0.3, -0.25) is 38.9 Å². The Kier molecular flexibility index (Phi) is 23.9. The number of Topliss-reactive ketones (excluding diaryl/α,β-unsaturated/α-hetero) is 2. The second kappa shape index (κ2) is 35.1. The number of carbonyl (C=O) groups excluding carboxylic acids is 5. The normalized spacial score (nSPS) is 13.7. The summed E-state index contributed by atoms with van der Waals surface area (Å²) in [4.78, 5) is 115. The van der Waals surface area contributed by atoms with E-state index in [2.05, 4.69) is 122 Å². The van der Waals surface area contributed by atoms with Gasteiger partial charge >= 0.3 is 0 Å². The summed E-state index contributed by atoms with van der Waals surface area (Å²) >= 11 is 0. The first-order valence-electron chi connectivity index (χ1n) is 35.2. The van der Waals surface area contributed by atoms with Gasteiger partial charge < -0.3 is 59.8 Å². The van der Waals surface area contributed by atoms with Gasteiger partial charge in [0.05, 0.1) is 109 Å². The third-order valence-electron chi connectivity index (χ3n) is 18.1. The monoisotopic (exact) mass is 1480 g/mol. The smallest absolute Gasteiger partial charge is 0.247 e. The molecule has 0 unspecified atom stereocenters. The van der Waals surface area contributed by atoms with Crippen LogP contribution in [0.3, 0.4) is 0 Å². The quantitative estimate of drug-likeness (QED) is 0.0306. The fraction of sp³-hybridized carbons (Fsp3) is 0.225. The van der Waals surface area contributed by atoms with Crippen LogP contribution in [0.2, 0.25) is 0 Å². The van der Waals surface area contributed by atoms with Gasteiger partial charge in [-0.05, 0) is 106 Å². The highest BCUT2D eigenvalue weighted by molar-refractivity contribution is 7.89. The number of amides is 3. The highest BCUT2D eigenvalue weighted by Gasteiger charge is 2.23. The largest absolute Gasteiger partial charge is 0.378 e. The molecule has 0 spiro atoms. The lowest BCUT2D eigenvalue weighted by Gasteiger charge is -2.27. The maximum atomic E-state index is 12.8. The predicted octanol–water partition coefficient (Wildman–Crippen LogP) is 9.77. The van der Waals surface area contributed by atoms with E-state index >= 15 is 0 Å². The second-order valence-electron chi connectivity index (χ2n) is 25.8. The minimum Gasteiger partial charge on any atom is -0.378 e. The van der Waals surface area contributed by atoms with Crippen molar-refractivity contribution in [2.75, 3.05) is 110 Å². The van der Waals surface area contributed by atoms with Crippen molar-refractivity contribution >= 4 is 107 Å². The van der Waals surface area contributed by atoms with E-state index in [1.807, 2.05) is 78.9 Å². The summed E-state index contributed by atoms with van der Waals surface area (Å²) in [6.45, 7) is 19.1. The molecule has 3 amide bonds. The second-order valence-corrected chi connectivity index (χ2v) is 27.9. The number of sulfone groups is 1. The van der Waals surface area contributed by atoms with Gasteiger partial charge in [-0.15, -0.1) is 0 Å². The van der Waals surface area contributed by atoms with E-state index in [1.54, 1.807) is 55.4 Å². The van der Waals surface area contributed by atoms with E-state index in [9.17, 15) is 32.4 Å². The molecule has 0 saturated carbocycles. The number of benzene rings is 3. The Labute approximate surface area is 627 Å². The lowest BCUT2D eigenvalue weighted by molar-refractivity contribution is -0.118. The molecule has 28 nitrogen and oxygen atoms in total. The minimum absolute atomic E-state index is 0.0640. The van der Waals surface area contributed by atoms with Crippen molar-refractivity contribution in [2.24, 2.45) is 0 Å². The molecule has 0 bridgehead atoms. The number of pyridine rings is 3. The number of ether oxygens (including phenoxy) is 3. The van der Waals surface area contributed by atoms with Crippen LogP contribution in [0.4, 0.5) is 34.5 Å². The summed E-state index contributed by atoms with van der Waals surface area (Å²) in [5, 5.41) is 10.8. The van der Waals surface area contributed by atoms with Crippen molar-refractivity contribution in [1.82, 2.24) is 59.8 Å². The number of anilines is 6. The standard InChI is InChI=1S/2C27H26N6O3.C26H26N6O4S/c2*1-2-25(35)31-21-8-7-20(28-16-21)14-22(34)13-18-3-5-19(6-4-18)24-15-23-26(32-24)29-17-30-27(23)33-9-11-36-12-10-33;1-2-24(33)30-20-7-8-21(27-14-20)16-37(34,35)15-18-3-5-19(6-4-18)23-13-22-25(31-23)28-17-29-26(22)32-9-11-36-12-10-32/h2*2-8,15-17H,1,9-14H2,(H,31,35)(H,29,30,32);2-8,13-14,17H,1,9-12,15-16H2,(H,30,33)(H,28,29,31). The van der Waals surface area contributed by atoms with Crippen molar-refractivity contribution in [3.8, 4) is 33.8 Å². The first-order valence-corrected chi connectivity index (χ1v) is 37.1. The molecule has 0 radical (unpaired) electrons. The van der Waals surface area contributed by atoms with Gasteiger partial charge in [0.25, 0.3) is 0 Å². The Bertz CT molecular complexity index is 5150. The topological polar surface area (TPSA) is 356 Å². The SMILES string of the molecule is C=CC(=O)Nc1ccc(CC(=O)Cc2ccc(-c3cc4c(N5CCOCC5)ncnc4[nH]3)cc2)nc1.C=CC(=O)Nc1ccc(CC(=O)Cc2ccc(-c3cc4c(N5CCOCC5)ncnc4[nH]3)cc2)nc1.C=CC(=O)Nc1ccc(CS(=O)(=O)Cc2ccc(-c3cc4c(N5CCOCC5)ncnc4[nH]3)cc2)nc1. The molecule has 3 fully saturated rings. The third kappa shape index (κ3) is 19.6. The van der Waals surface area contributed by atoms with Crippen LogP contribution in [-0.4, -0.2) is 176 Å². The molecule has 0 atom stereocenters. The predicted molar refractivity (Wildman–Crippen MR) is 417 cm³/mol. The summed E-state index contributed by atoms with van der Waals surface area (Å²) in [6.07, 6.45) is 13.8. The van der Waals surface area contributed by atoms with Crippen LogP contribution in [0.25, 0.3) is 66.9 Å². The number of hydrogen-bond acceptors (Lipinski definition) is 22. The Morgan fingerprint density at radius 1 is 0.385 bits per heavy atom. The van der Waals surface area contributed by atoms with Crippen LogP contribution in [-0.2, 0) is 85.2 Å². The minimum atomic E-state index is -3.45. The number of aromatic nitrogens is 12. The summed E-state index contributed by atoms with van der Waals surface area (Å²) in [5.41, 5.74) is 13.9. The Morgan fingerprint density at radius 3 is 1.00 bits per heavy atom. The maximum Gasteiger partial charge on any atom is 0.247 e. The Balaban J connectivity index is 0.000000144. The number of fused-ring (bicyclic) bond motifs is 3. The average Bonchev–Trinajstić information content (AvgIpc) is 1.60. The molecule has 109 heavy (non-hydrogen) atoms. The van der Waals surface area contributed by atoms with Crippen LogP contribution < -0.4 is 30.7 Å². The number of carbonyl (C=O) groups is 5. The van der Waals surface area contributed by atoms with Gasteiger partial charge in [-0.25, -0.2) is 38.3 Å². The highest BCUT2D eigenvalue weighted by Crippen LogP contribution is 2.33. The van der Waals surface area contributed by atoms with Crippen molar-refractivity contribution in [3.05, 3.63) is 237 Å². The van der Waals surface area contributed by atoms with Crippen molar-refractivity contribution in [2.45, 2.75) is 37.2 Å². The summed E-state index contributed by atoms with van der Waals surface area (Å²) in [6, 6.07) is 39.6. The van der Waals surface area contributed by atoms with Gasteiger partial charge in [0, 0.05) is 93.4 Å². The fourth-order valence-electron chi connectivity index (χ4n) is 12.6. The first-order chi connectivity index (χ1) is 53.1. The van der Waals surface area contributed by atoms with E-state index in [4.69, 9.17) is 14.2 Å². The lowest BCUT2D eigenvalue weighted by Crippen LogP contribution is -2.36. The molecule has 3 aliphatic rings. The van der Waals surface area contributed by atoms with Gasteiger partial charge in [0.1, 0.15) is 64.9 Å². The highest BCUT2D eigenvalue weighted by atomic mass is 32.2. The number of aromatic amines is 3. The number of ketones is 2. The number of hydrogen-bond donors (Lipinski definition) is 6. The summed E-state index contributed by atoms with van der Waals surface area (Å²) in [7, 11) is -3.45. The van der Waals surface area contributed by atoms with E-state index in [0.717, 1.165) is 141 Å². The third-order valence-corrected chi connectivity index (χ3v) is 19.6. The fourth-order valence-corrected chi connectivity index (χ4v) is 14.0. The molecule has 15 rings (SSSR count). The number of H-pyrrole nitrogens is 3. The molecular weight excluding hydrogens is 1410 g/mol. The van der Waals surface area contributed by atoms with Crippen LogP contribution >= 0.6 is 0 Å². The Hall–Kier alpha value is -12.8. The van der Waals surface area contributed by atoms with E-state index in [1.165, 1.54) is 30.7 Å². The molecule has 0 aliphatic carbocycles. The zero-order chi connectivity index (χ0) is 75.6. The molecule has 12 heterocycles. The number of morpholine rings is 3. The number of rotatable bonds is 24. The number of nitrogens with zero attached hydrogens (tertiary/aromatic N) is 12. The average molecular weight is 1480 g/mol. The van der Waals surface area contributed by atoms with Gasteiger partial charge in [-0.1, -0.05) is 92.5 Å². The molecule has 6 N–H and O–H groups in total. The molecule has 3 aromatic carbocycles. The lowest BCUT2D eigenvalue weighted by atomic mass is 10.0. The molecule has 12 aromatic rings. The van der Waals surface area contributed by atoms with Crippen molar-refractivity contribution in [3.63, 3.8) is 0 Å². The maximum absolute atomic E-state index is 12.8. The van der Waals surface area contributed by atoms with Crippen LogP contribution in [0, 0.1) is 0 Å². The van der Waals surface area contributed by atoms with Gasteiger partial charge in [0.15, 0.2) is 9.84 Å². The van der Waals surface area contributed by atoms with Crippen molar-refractivity contribution in [1.29, 1.82) is 0 Å². The van der Waals surface area contributed by atoms with Crippen LogP contribution in [0.5, 0.6) is 0 Å². The van der Waals surface area contributed by atoms with Crippen molar-refractivity contribution < 1.29 is 46.6 Å². The molecule has 29 heteroatoms. The van der Waals surface area contributed by atoms with E-state index in [0.29, 0.717) is 92.2 Å². The first kappa shape index (κ1) is 74.4. The number of nitrogens with one attached hydrogen (secondary N) is 6. The molecular formula is C80H78N18O10S. The molecule has 3 aliphatic heterocycles. The van der Waals surface area contributed by atoms with Crippen LogP contribution in [0.1, 0.15) is 33.8 Å². The molecule has 554 valence electrons. The summed E-state index contributed by atoms with van der Waals surface area (Å²) in [5.74, 6) is 1.56. The zero-order valence-electron chi connectivity index (χ0n) is 59.5. The zero-order valence-corrected chi connectivity index (χ0v) is 60.3. The Morgan fingerprint density at radius 2 is 0.697 bits per heavy atom. The molecule has 9 aromatic heterocycles. The van der Waals surface area contributed by atoms with E-state index < -0.39 is 9.84 Å². The van der Waals surface area contributed by atoms with E-state index in [-0.39, 0.29) is 53.6 Å². The van der Waals surface area contributed by atoms with Gasteiger partial charge in [-0.2, -0.15) is 0 Å².